The first-order valence-corrected chi connectivity index (χ1v) is 39.0. The summed E-state index contributed by atoms with van der Waals surface area (Å²) in [6.07, 6.45) is 12.3. The number of ether oxygens (including phenoxy) is 1. The van der Waals surface area contributed by atoms with Crippen LogP contribution in [0.15, 0.2) is 76.8 Å². The van der Waals surface area contributed by atoms with Gasteiger partial charge in [-0.05, 0) is 59.3 Å². The van der Waals surface area contributed by atoms with Gasteiger partial charge in [-0.2, -0.15) is 0 Å². The first-order chi connectivity index (χ1) is 21.0. The van der Waals surface area contributed by atoms with Crippen molar-refractivity contribution >= 4 is 130 Å². The fraction of sp³-hybridized carbons (Fsp3) is 0.306. The number of hydrogen-bond acceptors (Lipinski definition) is 7. The van der Waals surface area contributed by atoms with E-state index in [1.54, 1.807) is 34.5 Å². The SMILES string of the molecule is C.C(=C\c1cccs1)/c1cccs1.C1CCOC1.O=Cc1cccs1.[CH3][Sn]([CH3])([CH3])[c]1ccc(/C=C/c2cc[c]([Sn]([CH3])([CH3])[CH3])s2)s1. The van der Waals surface area contributed by atoms with Crippen molar-refractivity contribution in [1.29, 1.82) is 0 Å². The third-order valence-corrected chi connectivity index (χ3v) is 29.7. The van der Waals surface area contributed by atoms with Gasteiger partial charge < -0.3 is 4.74 Å². The molecule has 1 aliphatic rings. The third kappa shape index (κ3) is 16.2. The van der Waals surface area contributed by atoms with Crippen LogP contribution in [0, 0.1) is 0 Å². The Morgan fingerprint density at radius 1 is 0.556 bits per heavy atom. The Bertz CT molecular complexity index is 1410. The molecule has 1 saturated heterocycles. The van der Waals surface area contributed by atoms with E-state index in [1.807, 2.05) is 34.1 Å². The summed E-state index contributed by atoms with van der Waals surface area (Å²) in [7, 11) is 0. The maximum atomic E-state index is 9.88. The normalized spacial score (nSPS) is 12.8. The van der Waals surface area contributed by atoms with Gasteiger partial charge in [0.1, 0.15) is 0 Å². The maximum absolute atomic E-state index is 9.88. The van der Waals surface area contributed by atoms with Gasteiger partial charge in [-0.25, -0.2) is 0 Å². The Labute approximate surface area is 300 Å². The van der Waals surface area contributed by atoms with Crippen LogP contribution in [0.1, 0.15) is 49.4 Å². The minimum absolute atomic E-state index is 0. The van der Waals surface area contributed by atoms with E-state index in [0.717, 1.165) is 24.4 Å². The molecule has 9 heteroatoms. The Morgan fingerprint density at radius 3 is 1.18 bits per heavy atom. The second-order valence-corrected chi connectivity index (χ2v) is 48.1. The summed E-state index contributed by atoms with van der Waals surface area (Å²) in [6.45, 7) is 2.00. The molecule has 0 N–H and O–H groups in total. The summed E-state index contributed by atoms with van der Waals surface area (Å²) < 4.78 is 8.27. The quantitative estimate of drug-likeness (QED) is 0.120. The van der Waals surface area contributed by atoms with Crippen LogP contribution in [0.5, 0.6) is 0 Å². The molecule has 45 heavy (non-hydrogen) atoms. The van der Waals surface area contributed by atoms with E-state index in [0.29, 0.717) is 0 Å². The first kappa shape index (κ1) is 40.4. The van der Waals surface area contributed by atoms with Gasteiger partial charge in [-0.3, -0.25) is 4.79 Å². The number of aldehydes is 1. The van der Waals surface area contributed by atoms with Crippen LogP contribution >= 0.6 is 56.7 Å². The Hall–Kier alpha value is -0.793. The zero-order valence-electron chi connectivity index (χ0n) is 26.6. The summed E-state index contributed by atoms with van der Waals surface area (Å²) in [6, 6.07) is 21.3. The molecule has 0 radical (unpaired) electrons. The molecule has 5 aromatic heterocycles. The Balaban J connectivity index is 0.000000237. The summed E-state index contributed by atoms with van der Waals surface area (Å²) in [5.41, 5.74) is 0. The summed E-state index contributed by atoms with van der Waals surface area (Å²) in [5.74, 6) is 0. The molecule has 0 unspecified atom stereocenters. The van der Waals surface area contributed by atoms with Crippen molar-refractivity contribution in [3.8, 4) is 0 Å². The van der Waals surface area contributed by atoms with Gasteiger partial charge >= 0.3 is 141 Å². The van der Waals surface area contributed by atoms with E-state index in [9.17, 15) is 4.79 Å². The van der Waals surface area contributed by atoms with E-state index < -0.39 is 36.8 Å². The van der Waals surface area contributed by atoms with Crippen LogP contribution in [-0.4, -0.2) is 56.3 Å². The number of rotatable bonds is 7. The second-order valence-electron chi connectivity index (χ2n) is 12.1. The van der Waals surface area contributed by atoms with Crippen molar-refractivity contribution < 1.29 is 9.53 Å². The molecule has 0 atom stereocenters. The number of thiophene rings is 5. The van der Waals surface area contributed by atoms with Crippen LogP contribution in [0.3, 0.4) is 0 Å². The first-order valence-electron chi connectivity index (χ1n) is 14.7. The van der Waals surface area contributed by atoms with Crippen LogP contribution in [-0.2, 0) is 4.74 Å². The van der Waals surface area contributed by atoms with Crippen molar-refractivity contribution in [2.24, 2.45) is 0 Å². The molecule has 0 amide bonds. The molecule has 2 nitrogen and oxygen atoms in total. The van der Waals surface area contributed by atoms with Crippen LogP contribution in [0.2, 0.25) is 29.6 Å². The topological polar surface area (TPSA) is 26.3 Å². The van der Waals surface area contributed by atoms with E-state index >= 15 is 0 Å². The molecule has 0 spiro atoms. The average Bonchev–Trinajstić information content (AvgIpc) is 3.84. The van der Waals surface area contributed by atoms with E-state index in [-0.39, 0.29) is 7.43 Å². The van der Waals surface area contributed by atoms with Crippen LogP contribution in [0.25, 0.3) is 24.3 Å². The van der Waals surface area contributed by atoms with Gasteiger partial charge in [0.25, 0.3) is 0 Å². The van der Waals surface area contributed by atoms with Crippen LogP contribution in [0.4, 0.5) is 0 Å². The van der Waals surface area contributed by atoms with E-state index in [2.05, 4.69) is 113 Å². The van der Waals surface area contributed by atoms with Gasteiger partial charge in [0.15, 0.2) is 6.29 Å². The summed E-state index contributed by atoms with van der Waals surface area (Å²) in [5, 5.41) is 6.06. The Kier molecular flexibility index (Phi) is 19.1. The predicted molar refractivity (Wildman–Crippen MR) is 218 cm³/mol. The van der Waals surface area contributed by atoms with Crippen molar-refractivity contribution in [3.05, 3.63) is 101 Å². The fourth-order valence-corrected chi connectivity index (χ4v) is 18.0. The minimum atomic E-state index is -1.86. The summed E-state index contributed by atoms with van der Waals surface area (Å²) >= 11 is 5.24. The average molecular weight is 911 g/mol. The Morgan fingerprint density at radius 2 is 0.933 bits per heavy atom. The fourth-order valence-electron chi connectivity index (χ4n) is 3.66. The second kappa shape index (κ2) is 21.2. The molecular weight excluding hydrogens is 862 g/mol. The van der Waals surface area contributed by atoms with Gasteiger partial charge in [0.2, 0.25) is 0 Å². The standard InChI is InChI=1S/C10H8S2.C10H6S2.C5H4OS.C4H8O.CH4.6CH3.2Sn/c2*1-3-9(11-7-1)5-6-10-4-2-8-12-10;6-4-5-2-1-3-7-5;1-2-4-5-3-1;;;;;;;;;/h1-8H;1-6H;1-4H;1-4H2;1H4;6*1H3;;/b2*6-5+;;;;;;;;;;;. The molecule has 0 saturated carbocycles. The summed E-state index contributed by atoms with van der Waals surface area (Å²) in [4.78, 5) is 31.0. The molecule has 0 aliphatic carbocycles. The molecule has 1 aliphatic heterocycles. The zero-order chi connectivity index (χ0) is 31.8. The van der Waals surface area contributed by atoms with E-state index in [1.165, 1.54) is 43.7 Å². The van der Waals surface area contributed by atoms with Gasteiger partial charge in [-0.15, -0.1) is 34.0 Å². The molecule has 242 valence electrons. The van der Waals surface area contributed by atoms with E-state index in [4.69, 9.17) is 4.74 Å². The predicted octanol–water partition coefficient (Wildman–Crippen LogP) is 12.0. The monoisotopic (exact) mass is 912 g/mol. The van der Waals surface area contributed by atoms with Crippen molar-refractivity contribution in [3.63, 3.8) is 0 Å². The molecule has 5 aromatic rings. The van der Waals surface area contributed by atoms with Crippen molar-refractivity contribution in [2.45, 2.75) is 49.9 Å². The zero-order valence-corrected chi connectivity index (χ0v) is 36.4. The number of hydrogen-bond donors (Lipinski definition) is 0. The molecule has 0 aromatic carbocycles. The third-order valence-electron chi connectivity index (χ3n) is 6.13. The van der Waals surface area contributed by atoms with Crippen molar-refractivity contribution in [1.82, 2.24) is 0 Å². The van der Waals surface area contributed by atoms with Gasteiger partial charge in [0, 0.05) is 23.0 Å². The number of carbonyl (C=O) groups excluding carboxylic acids is 1. The van der Waals surface area contributed by atoms with Gasteiger partial charge in [0.05, 0.1) is 4.88 Å². The van der Waals surface area contributed by atoms with Crippen molar-refractivity contribution in [2.75, 3.05) is 13.2 Å². The van der Waals surface area contributed by atoms with Gasteiger partial charge in [-0.1, -0.05) is 25.6 Å². The molecular formula is C36H48O2S5Sn2. The number of carbonyl (C=O) groups is 1. The molecule has 6 heterocycles. The molecule has 6 rings (SSSR count). The molecule has 1 fully saturated rings. The molecule has 0 bridgehead atoms. The van der Waals surface area contributed by atoms with Crippen LogP contribution < -0.4 is 5.79 Å².